The number of nitrogens with one attached hydrogen (secondary N) is 2. The summed E-state index contributed by atoms with van der Waals surface area (Å²) in [6.45, 7) is 1.91. The van der Waals surface area contributed by atoms with Crippen molar-refractivity contribution >= 4 is 26.5 Å². The number of aromatic amines is 1. The van der Waals surface area contributed by atoms with E-state index in [1.165, 1.54) is 18.5 Å². The highest BCUT2D eigenvalue weighted by atomic mass is 127. The van der Waals surface area contributed by atoms with Gasteiger partial charge in [-0.3, -0.25) is 9.59 Å². The van der Waals surface area contributed by atoms with Gasteiger partial charge in [0, 0.05) is 46.5 Å². The molecule has 0 radical (unpaired) electrons. The number of nitrogens with zero attached hydrogens (tertiary/aromatic N) is 1. The summed E-state index contributed by atoms with van der Waals surface area (Å²) in [5, 5.41) is 2.58. The lowest BCUT2D eigenvalue weighted by Crippen LogP contribution is -2.22. The lowest BCUT2D eigenvalue weighted by Gasteiger charge is -2.07. The number of oxazole rings is 1. The minimum Gasteiger partial charge on any atom is -0.443 e. The molecule has 2 heterocycles. The number of aryl methyl sites for hydroxylation is 1. The number of amides is 1. The summed E-state index contributed by atoms with van der Waals surface area (Å²) in [6.07, 6.45) is 2.92. The van der Waals surface area contributed by atoms with E-state index in [1.807, 2.05) is 0 Å². The summed E-state index contributed by atoms with van der Waals surface area (Å²) in [4.78, 5) is 29.9. The molecule has 0 bridgehead atoms. The summed E-state index contributed by atoms with van der Waals surface area (Å²) in [6, 6.07) is 1.47. The number of H-pyrrole nitrogens is 1. The Morgan fingerprint density at radius 2 is 2.39 bits per heavy atom. The first-order chi connectivity index (χ1) is 8.58. The van der Waals surface area contributed by atoms with E-state index in [4.69, 9.17) is 4.42 Å². The molecular weight excluding hydrogens is 349 g/mol. The molecule has 0 unspecified atom stereocenters. The first-order valence-corrected chi connectivity index (χ1v) is 6.22. The Bertz CT molecular complexity index is 619. The second-order valence-corrected chi connectivity index (χ2v) is 4.61. The standard InChI is InChI=1S/C11H10IN3O3/c1-6-4-8(16)7(5-14-11(12)17)9(15-6)10-13-2-3-18-10/h2-4H,5H2,1H3,(H,14,17)(H,15,16). The molecule has 1 amide bonds. The fraction of sp³-hybridized carbons (Fsp3) is 0.182. The predicted molar refractivity (Wildman–Crippen MR) is 73.6 cm³/mol. The van der Waals surface area contributed by atoms with Gasteiger partial charge in [-0.05, 0) is 6.92 Å². The van der Waals surface area contributed by atoms with Crippen LogP contribution in [-0.2, 0) is 6.54 Å². The summed E-state index contributed by atoms with van der Waals surface area (Å²) in [5.74, 6) is 0.327. The highest BCUT2D eigenvalue weighted by Gasteiger charge is 2.14. The molecule has 0 atom stereocenters. The number of hydrogen-bond acceptors (Lipinski definition) is 4. The molecule has 0 aromatic carbocycles. The van der Waals surface area contributed by atoms with Crippen LogP contribution >= 0.6 is 22.6 Å². The zero-order valence-electron chi connectivity index (χ0n) is 9.49. The molecule has 2 aromatic heterocycles. The molecule has 0 aliphatic carbocycles. The molecule has 18 heavy (non-hydrogen) atoms. The normalized spacial score (nSPS) is 10.3. The number of carbonyl (C=O) groups excluding carboxylic acids is 1. The molecule has 0 aliphatic heterocycles. The maximum Gasteiger partial charge on any atom is 0.280 e. The molecule has 0 fully saturated rings. The summed E-state index contributed by atoms with van der Waals surface area (Å²) < 4.78 is 4.95. The van der Waals surface area contributed by atoms with Crippen LogP contribution in [0.15, 0.2) is 27.7 Å². The molecule has 0 saturated heterocycles. The monoisotopic (exact) mass is 359 g/mol. The van der Waals surface area contributed by atoms with Crippen LogP contribution in [0.2, 0.25) is 0 Å². The molecule has 6 nitrogen and oxygen atoms in total. The second kappa shape index (κ2) is 5.34. The third-order valence-electron chi connectivity index (χ3n) is 2.32. The van der Waals surface area contributed by atoms with Crippen LogP contribution in [0.25, 0.3) is 11.6 Å². The van der Waals surface area contributed by atoms with E-state index in [1.54, 1.807) is 29.5 Å². The maximum atomic E-state index is 11.9. The van der Waals surface area contributed by atoms with Crippen LogP contribution in [0.1, 0.15) is 11.3 Å². The molecule has 2 aromatic rings. The van der Waals surface area contributed by atoms with Crippen LogP contribution in [-0.4, -0.2) is 13.9 Å². The number of carbonyl (C=O) groups is 1. The smallest absolute Gasteiger partial charge is 0.280 e. The van der Waals surface area contributed by atoms with Crippen LogP contribution in [0, 0.1) is 6.92 Å². The number of halogens is 1. The van der Waals surface area contributed by atoms with Crippen molar-refractivity contribution in [2.75, 3.05) is 0 Å². The van der Waals surface area contributed by atoms with Crippen molar-refractivity contribution in [3.63, 3.8) is 0 Å². The van der Waals surface area contributed by atoms with Gasteiger partial charge in [0.1, 0.15) is 12.0 Å². The largest absolute Gasteiger partial charge is 0.443 e. The Balaban J connectivity index is 2.49. The van der Waals surface area contributed by atoms with E-state index >= 15 is 0 Å². The highest BCUT2D eigenvalue weighted by molar-refractivity contribution is 14.1. The lowest BCUT2D eigenvalue weighted by molar-refractivity contribution is 0.262. The lowest BCUT2D eigenvalue weighted by atomic mass is 10.1. The molecule has 0 saturated carbocycles. The van der Waals surface area contributed by atoms with Gasteiger partial charge in [-0.2, -0.15) is 0 Å². The molecule has 7 heteroatoms. The van der Waals surface area contributed by atoms with E-state index < -0.39 is 0 Å². The van der Waals surface area contributed by atoms with Crippen molar-refractivity contribution in [3.05, 3.63) is 40.0 Å². The third kappa shape index (κ3) is 2.78. The van der Waals surface area contributed by atoms with Gasteiger partial charge >= 0.3 is 0 Å². The van der Waals surface area contributed by atoms with Gasteiger partial charge in [0.2, 0.25) is 5.89 Å². The van der Waals surface area contributed by atoms with E-state index in [0.717, 1.165) is 0 Å². The SMILES string of the molecule is Cc1cc(=O)c(CNC(=O)I)c(-c2ncco2)[nH]1. The van der Waals surface area contributed by atoms with E-state index in [9.17, 15) is 9.59 Å². The third-order valence-corrected chi connectivity index (χ3v) is 2.70. The number of aromatic nitrogens is 2. The Morgan fingerprint density at radius 3 is 3.00 bits per heavy atom. The van der Waals surface area contributed by atoms with Gasteiger partial charge in [-0.1, -0.05) is 0 Å². The Morgan fingerprint density at radius 1 is 1.61 bits per heavy atom. The minimum atomic E-state index is -0.231. The van der Waals surface area contributed by atoms with Crippen molar-refractivity contribution in [3.8, 4) is 11.6 Å². The van der Waals surface area contributed by atoms with Crippen LogP contribution in [0.3, 0.4) is 0 Å². The Hall–Kier alpha value is -1.64. The van der Waals surface area contributed by atoms with Gasteiger partial charge in [0.05, 0.1) is 6.20 Å². The van der Waals surface area contributed by atoms with Crippen molar-refractivity contribution in [2.24, 2.45) is 0 Å². The molecule has 2 N–H and O–H groups in total. The first-order valence-electron chi connectivity index (χ1n) is 5.14. The fourth-order valence-corrected chi connectivity index (χ4v) is 1.77. The number of pyridine rings is 1. The minimum absolute atomic E-state index is 0.134. The number of hydrogen-bond donors (Lipinski definition) is 2. The quantitative estimate of drug-likeness (QED) is 0.498. The van der Waals surface area contributed by atoms with Crippen molar-refractivity contribution in [1.82, 2.24) is 15.3 Å². The molecular formula is C11H10IN3O3. The zero-order valence-corrected chi connectivity index (χ0v) is 11.6. The van der Waals surface area contributed by atoms with Gasteiger partial charge in [0.25, 0.3) is 3.91 Å². The second-order valence-electron chi connectivity index (χ2n) is 3.63. The van der Waals surface area contributed by atoms with Crippen molar-refractivity contribution < 1.29 is 9.21 Å². The number of rotatable bonds is 3. The van der Waals surface area contributed by atoms with Crippen molar-refractivity contribution in [2.45, 2.75) is 13.5 Å². The van der Waals surface area contributed by atoms with E-state index in [2.05, 4.69) is 15.3 Å². The van der Waals surface area contributed by atoms with Crippen LogP contribution in [0.5, 0.6) is 0 Å². The van der Waals surface area contributed by atoms with Gasteiger partial charge in [-0.25, -0.2) is 4.98 Å². The van der Waals surface area contributed by atoms with Gasteiger partial charge in [-0.15, -0.1) is 0 Å². The molecule has 94 valence electrons. The zero-order chi connectivity index (χ0) is 13.1. The predicted octanol–water partition coefficient (Wildman–Crippen LogP) is 1.98. The maximum absolute atomic E-state index is 11.9. The Kier molecular flexibility index (Phi) is 3.80. The fourth-order valence-electron chi connectivity index (χ4n) is 1.58. The van der Waals surface area contributed by atoms with E-state index in [0.29, 0.717) is 22.8 Å². The van der Waals surface area contributed by atoms with Crippen LogP contribution in [0.4, 0.5) is 4.79 Å². The average Bonchev–Trinajstić information content (AvgIpc) is 2.79. The summed E-state index contributed by atoms with van der Waals surface area (Å²) in [7, 11) is 0. The molecule has 2 rings (SSSR count). The average molecular weight is 359 g/mol. The van der Waals surface area contributed by atoms with Crippen molar-refractivity contribution in [1.29, 1.82) is 0 Å². The molecule has 0 aliphatic rings. The highest BCUT2D eigenvalue weighted by Crippen LogP contribution is 2.17. The van der Waals surface area contributed by atoms with Gasteiger partial charge < -0.3 is 14.7 Å². The topological polar surface area (TPSA) is 88.0 Å². The summed E-state index contributed by atoms with van der Waals surface area (Å²) >= 11 is 1.61. The van der Waals surface area contributed by atoms with Crippen LogP contribution < -0.4 is 10.7 Å². The van der Waals surface area contributed by atoms with E-state index in [-0.39, 0.29) is 15.9 Å². The first kappa shape index (κ1) is 12.8. The Labute approximate surface area is 116 Å². The summed E-state index contributed by atoms with van der Waals surface area (Å²) in [5.41, 5.74) is 1.46. The molecule has 0 spiro atoms. The van der Waals surface area contributed by atoms with Gasteiger partial charge in [0.15, 0.2) is 5.43 Å².